The van der Waals surface area contributed by atoms with Crippen LogP contribution in [0.5, 0.6) is 0 Å². The molecule has 5 nitrogen and oxygen atoms in total. The lowest BCUT2D eigenvalue weighted by Crippen LogP contribution is -2.39. The van der Waals surface area contributed by atoms with Crippen LogP contribution in [0, 0.1) is 23.1 Å². The zero-order valence-corrected chi connectivity index (χ0v) is 12.4. The topological polar surface area (TPSA) is 87.2 Å². The molecule has 2 rings (SSSR count). The van der Waals surface area contributed by atoms with Crippen LogP contribution < -0.4 is 5.14 Å². The molecule has 0 spiro atoms. The quantitative estimate of drug-likeness (QED) is 0.905. The highest BCUT2D eigenvalue weighted by Gasteiger charge is 2.24. The first-order valence-electron chi connectivity index (χ1n) is 6.79. The maximum Gasteiger partial charge on any atom is 0.209 e. The highest BCUT2D eigenvalue weighted by molar-refractivity contribution is 7.89. The van der Waals surface area contributed by atoms with Crippen LogP contribution >= 0.6 is 0 Å². The highest BCUT2D eigenvalue weighted by atomic mass is 32.2. The van der Waals surface area contributed by atoms with Gasteiger partial charge in [-0.3, -0.25) is 4.90 Å². The van der Waals surface area contributed by atoms with Crippen molar-refractivity contribution in [2.24, 2.45) is 11.1 Å². The maximum atomic E-state index is 13.3. The number of hydrogen-bond donors (Lipinski definition) is 1. The molecule has 1 unspecified atom stereocenters. The van der Waals surface area contributed by atoms with Crippen molar-refractivity contribution in [2.45, 2.75) is 19.4 Å². The number of piperidine rings is 1. The molecule has 1 aromatic rings. The van der Waals surface area contributed by atoms with E-state index in [4.69, 9.17) is 10.4 Å². The van der Waals surface area contributed by atoms with Crippen LogP contribution in [0.25, 0.3) is 0 Å². The molecule has 1 aliphatic heterocycles. The third kappa shape index (κ3) is 4.77. The summed E-state index contributed by atoms with van der Waals surface area (Å²) < 4.78 is 35.7. The molecule has 1 atom stereocenters. The van der Waals surface area contributed by atoms with Gasteiger partial charge in [0.15, 0.2) is 0 Å². The Morgan fingerprint density at radius 1 is 1.48 bits per heavy atom. The molecule has 1 aromatic carbocycles. The van der Waals surface area contributed by atoms with E-state index in [9.17, 15) is 12.8 Å². The minimum absolute atomic E-state index is 0.00663. The van der Waals surface area contributed by atoms with E-state index in [1.54, 1.807) is 0 Å². The summed E-state index contributed by atoms with van der Waals surface area (Å²) in [6.45, 7) is 1.85. The number of rotatable bonds is 4. The van der Waals surface area contributed by atoms with Crippen LogP contribution in [-0.2, 0) is 16.6 Å². The fourth-order valence-electron chi connectivity index (χ4n) is 2.80. The summed E-state index contributed by atoms with van der Waals surface area (Å²) in [4.78, 5) is 2.05. The van der Waals surface area contributed by atoms with E-state index >= 15 is 0 Å². The molecule has 1 fully saturated rings. The molecule has 0 aromatic heterocycles. The van der Waals surface area contributed by atoms with Gasteiger partial charge in [0.1, 0.15) is 5.82 Å². The Bertz CT molecular complexity index is 655. The summed E-state index contributed by atoms with van der Waals surface area (Å²) in [5, 5.41) is 14.1. The van der Waals surface area contributed by atoms with E-state index in [1.165, 1.54) is 18.2 Å². The first-order chi connectivity index (χ1) is 9.87. The van der Waals surface area contributed by atoms with Crippen molar-refractivity contribution in [3.63, 3.8) is 0 Å². The predicted molar refractivity (Wildman–Crippen MR) is 77.1 cm³/mol. The number of nitrogens with zero attached hydrogens (tertiary/aromatic N) is 2. The van der Waals surface area contributed by atoms with Gasteiger partial charge in [-0.2, -0.15) is 5.26 Å². The summed E-state index contributed by atoms with van der Waals surface area (Å²) in [5.74, 6) is -0.410. The van der Waals surface area contributed by atoms with E-state index in [2.05, 4.69) is 11.0 Å². The standard InChI is InChI=1S/C14H18FN3O2S/c15-14-4-3-12(7-16)13(6-14)9-18-5-1-2-11(8-18)10-21(17,19)20/h3-4,6,11H,1-2,5,8-10H2,(H2,17,19,20). The number of nitriles is 1. The van der Waals surface area contributed by atoms with Crippen molar-refractivity contribution in [3.8, 4) is 6.07 Å². The first-order valence-corrected chi connectivity index (χ1v) is 8.50. The number of hydrogen-bond acceptors (Lipinski definition) is 4. The van der Waals surface area contributed by atoms with E-state index < -0.39 is 10.0 Å². The summed E-state index contributed by atoms with van der Waals surface area (Å²) in [6, 6.07) is 6.15. The second-order valence-electron chi connectivity index (χ2n) is 5.49. The molecule has 1 aliphatic rings. The number of likely N-dealkylation sites (tertiary alicyclic amines) is 1. The zero-order valence-electron chi connectivity index (χ0n) is 11.6. The third-order valence-electron chi connectivity index (χ3n) is 3.65. The van der Waals surface area contributed by atoms with Crippen LogP contribution in [0.15, 0.2) is 18.2 Å². The second-order valence-corrected chi connectivity index (χ2v) is 7.15. The van der Waals surface area contributed by atoms with Gasteiger partial charge in [-0.25, -0.2) is 17.9 Å². The van der Waals surface area contributed by atoms with E-state index in [0.29, 0.717) is 24.2 Å². The number of halogens is 1. The number of benzene rings is 1. The van der Waals surface area contributed by atoms with E-state index in [1.807, 2.05) is 0 Å². The largest absolute Gasteiger partial charge is 0.299 e. The molecule has 0 bridgehead atoms. The van der Waals surface area contributed by atoms with Crippen molar-refractivity contribution < 1.29 is 12.8 Å². The zero-order chi connectivity index (χ0) is 15.5. The van der Waals surface area contributed by atoms with Gasteiger partial charge in [0, 0.05) is 13.1 Å². The minimum atomic E-state index is -3.48. The molecular weight excluding hydrogens is 293 g/mol. The van der Waals surface area contributed by atoms with Crippen molar-refractivity contribution >= 4 is 10.0 Å². The fraction of sp³-hybridized carbons (Fsp3) is 0.500. The predicted octanol–water partition coefficient (Wildman–Crippen LogP) is 1.20. The summed E-state index contributed by atoms with van der Waals surface area (Å²) in [5.41, 5.74) is 1.08. The second kappa shape index (κ2) is 6.52. The molecule has 0 saturated carbocycles. The van der Waals surface area contributed by atoms with E-state index in [0.717, 1.165) is 19.4 Å². The molecule has 0 amide bonds. The SMILES string of the molecule is N#Cc1ccc(F)cc1CN1CCCC(CS(N)(=O)=O)C1. The van der Waals surface area contributed by atoms with Crippen LogP contribution in [0.4, 0.5) is 4.39 Å². The molecular formula is C14H18FN3O2S. The first kappa shape index (κ1) is 15.9. The van der Waals surface area contributed by atoms with Gasteiger partial charge in [-0.1, -0.05) is 0 Å². The number of sulfonamides is 1. The van der Waals surface area contributed by atoms with Gasteiger partial charge in [-0.05, 0) is 49.1 Å². The van der Waals surface area contributed by atoms with Crippen LogP contribution in [-0.4, -0.2) is 32.2 Å². The van der Waals surface area contributed by atoms with Crippen LogP contribution in [0.1, 0.15) is 24.0 Å². The van der Waals surface area contributed by atoms with Gasteiger partial charge >= 0.3 is 0 Å². The molecule has 7 heteroatoms. The summed E-state index contributed by atoms with van der Waals surface area (Å²) in [6.07, 6.45) is 1.69. The van der Waals surface area contributed by atoms with Crippen molar-refractivity contribution in [1.29, 1.82) is 5.26 Å². The lowest BCUT2D eigenvalue weighted by atomic mass is 9.99. The Morgan fingerprint density at radius 2 is 2.24 bits per heavy atom. The van der Waals surface area contributed by atoms with Gasteiger partial charge in [0.05, 0.1) is 17.4 Å². The van der Waals surface area contributed by atoms with Gasteiger partial charge in [0.25, 0.3) is 0 Å². The molecule has 114 valence electrons. The Hall–Kier alpha value is -1.49. The van der Waals surface area contributed by atoms with Gasteiger partial charge in [-0.15, -0.1) is 0 Å². The number of primary sulfonamides is 1. The van der Waals surface area contributed by atoms with Crippen LogP contribution in [0.3, 0.4) is 0 Å². The average Bonchev–Trinajstić information content (AvgIpc) is 2.37. The molecule has 1 heterocycles. The highest BCUT2D eigenvalue weighted by Crippen LogP contribution is 2.21. The maximum absolute atomic E-state index is 13.3. The van der Waals surface area contributed by atoms with Gasteiger partial charge < -0.3 is 0 Å². The minimum Gasteiger partial charge on any atom is -0.299 e. The van der Waals surface area contributed by atoms with Crippen molar-refractivity contribution in [2.75, 3.05) is 18.8 Å². The Kier molecular flexibility index (Phi) is 4.93. The Morgan fingerprint density at radius 3 is 2.90 bits per heavy atom. The molecule has 0 radical (unpaired) electrons. The smallest absolute Gasteiger partial charge is 0.209 e. The van der Waals surface area contributed by atoms with Crippen molar-refractivity contribution in [3.05, 3.63) is 35.1 Å². The Labute approximate surface area is 124 Å². The third-order valence-corrected chi connectivity index (χ3v) is 4.59. The number of nitrogens with two attached hydrogens (primary N) is 1. The van der Waals surface area contributed by atoms with Gasteiger partial charge in [0.2, 0.25) is 10.0 Å². The lowest BCUT2D eigenvalue weighted by molar-refractivity contribution is 0.177. The van der Waals surface area contributed by atoms with E-state index in [-0.39, 0.29) is 17.5 Å². The lowest BCUT2D eigenvalue weighted by Gasteiger charge is -2.32. The molecule has 21 heavy (non-hydrogen) atoms. The molecule has 2 N–H and O–H groups in total. The van der Waals surface area contributed by atoms with Crippen molar-refractivity contribution in [1.82, 2.24) is 4.90 Å². The Balaban J connectivity index is 2.06. The summed E-state index contributed by atoms with van der Waals surface area (Å²) >= 11 is 0. The average molecular weight is 311 g/mol. The normalized spacial score (nSPS) is 20.1. The molecule has 0 aliphatic carbocycles. The van der Waals surface area contributed by atoms with Crippen LogP contribution in [0.2, 0.25) is 0 Å². The summed E-state index contributed by atoms with van der Waals surface area (Å²) in [7, 11) is -3.48. The molecule has 1 saturated heterocycles. The fourth-order valence-corrected chi connectivity index (χ4v) is 3.73. The monoisotopic (exact) mass is 311 g/mol.